The van der Waals surface area contributed by atoms with Crippen molar-refractivity contribution in [3.63, 3.8) is 0 Å². The van der Waals surface area contributed by atoms with E-state index in [1.54, 1.807) is 0 Å². The van der Waals surface area contributed by atoms with Crippen LogP contribution in [0.1, 0.15) is 323 Å². The van der Waals surface area contributed by atoms with Gasteiger partial charge in [-0.1, -0.05) is 280 Å². The maximum absolute atomic E-state index is 12.9. The average molecular weight is 1030 g/mol. The Morgan fingerprint density at radius 3 is 0.797 bits per heavy atom. The van der Waals surface area contributed by atoms with Crippen LogP contribution in [-0.4, -0.2) is 37.2 Å². The summed E-state index contributed by atoms with van der Waals surface area (Å²) in [6.07, 6.45) is 80.4. The second kappa shape index (κ2) is 62.4. The van der Waals surface area contributed by atoms with E-state index < -0.39 is 6.10 Å². The monoisotopic (exact) mass is 1030 g/mol. The van der Waals surface area contributed by atoms with E-state index in [-0.39, 0.29) is 31.1 Å². The normalized spacial score (nSPS) is 12.5. The van der Waals surface area contributed by atoms with Gasteiger partial charge >= 0.3 is 17.9 Å². The van der Waals surface area contributed by atoms with Gasteiger partial charge in [-0.15, -0.1) is 0 Å². The topological polar surface area (TPSA) is 78.9 Å². The van der Waals surface area contributed by atoms with Crippen molar-refractivity contribution in [2.75, 3.05) is 13.2 Å². The molecule has 0 aliphatic rings. The van der Waals surface area contributed by atoms with Gasteiger partial charge in [-0.2, -0.15) is 0 Å². The lowest BCUT2D eigenvalue weighted by Crippen LogP contribution is -2.30. The number of unbranched alkanes of at least 4 members (excludes halogenated alkanes) is 35. The molecule has 0 rings (SSSR count). The molecule has 0 unspecified atom stereocenters. The highest BCUT2D eigenvalue weighted by molar-refractivity contribution is 5.71. The molecule has 1 atom stereocenters. The maximum atomic E-state index is 12.9. The molecular weight excluding hydrogens is 913 g/mol. The van der Waals surface area contributed by atoms with Gasteiger partial charge in [-0.3, -0.25) is 14.4 Å². The summed E-state index contributed by atoms with van der Waals surface area (Å²) in [6.45, 7) is 6.60. The molecule has 428 valence electrons. The molecule has 0 radical (unpaired) electrons. The van der Waals surface area contributed by atoms with E-state index in [2.05, 4.69) is 93.7 Å². The van der Waals surface area contributed by atoms with Gasteiger partial charge in [-0.25, -0.2) is 0 Å². The van der Waals surface area contributed by atoms with Crippen molar-refractivity contribution in [3.8, 4) is 0 Å². The summed E-state index contributed by atoms with van der Waals surface area (Å²) in [4.78, 5) is 38.3. The fourth-order valence-electron chi connectivity index (χ4n) is 9.11. The van der Waals surface area contributed by atoms with Crippen LogP contribution in [0.2, 0.25) is 0 Å². The Bertz CT molecular complexity index is 1370. The van der Waals surface area contributed by atoms with Gasteiger partial charge in [0.05, 0.1) is 0 Å². The molecular formula is C68H120O6. The molecule has 0 aromatic carbocycles. The molecule has 0 spiro atoms. The third-order valence-electron chi connectivity index (χ3n) is 13.9. The van der Waals surface area contributed by atoms with Gasteiger partial charge in [0.15, 0.2) is 6.10 Å². The predicted molar refractivity (Wildman–Crippen MR) is 321 cm³/mol. The van der Waals surface area contributed by atoms with Crippen LogP contribution in [0.15, 0.2) is 72.9 Å². The molecule has 0 aliphatic heterocycles. The van der Waals surface area contributed by atoms with E-state index in [0.717, 1.165) is 89.9 Å². The number of carbonyl (C=O) groups is 3. The first-order chi connectivity index (χ1) is 36.5. The van der Waals surface area contributed by atoms with E-state index in [9.17, 15) is 14.4 Å². The van der Waals surface area contributed by atoms with Crippen molar-refractivity contribution in [2.45, 2.75) is 329 Å². The zero-order valence-electron chi connectivity index (χ0n) is 49.1. The number of carbonyl (C=O) groups excluding carboxylic acids is 3. The van der Waals surface area contributed by atoms with Gasteiger partial charge in [0.25, 0.3) is 0 Å². The molecule has 0 N–H and O–H groups in total. The molecule has 0 amide bonds. The van der Waals surface area contributed by atoms with Crippen LogP contribution < -0.4 is 0 Å². The minimum atomic E-state index is -0.791. The summed E-state index contributed by atoms with van der Waals surface area (Å²) in [5, 5.41) is 0. The van der Waals surface area contributed by atoms with E-state index in [1.807, 2.05) is 0 Å². The highest BCUT2D eigenvalue weighted by atomic mass is 16.6. The molecule has 6 heteroatoms. The number of allylic oxidation sites excluding steroid dienone is 12. The summed E-state index contributed by atoms with van der Waals surface area (Å²) >= 11 is 0. The van der Waals surface area contributed by atoms with Gasteiger partial charge in [0.1, 0.15) is 13.2 Å². The molecule has 0 fully saturated rings. The first kappa shape index (κ1) is 70.8. The summed E-state index contributed by atoms with van der Waals surface area (Å²) < 4.78 is 16.9. The van der Waals surface area contributed by atoms with Crippen molar-refractivity contribution in [2.24, 2.45) is 0 Å². The maximum Gasteiger partial charge on any atom is 0.306 e. The Hall–Kier alpha value is -3.15. The second-order valence-electron chi connectivity index (χ2n) is 21.3. The fourth-order valence-corrected chi connectivity index (χ4v) is 9.11. The third kappa shape index (κ3) is 59.7. The molecule has 0 aliphatic carbocycles. The standard InChI is InChI=1S/C68H120O6/c1-4-7-10-13-16-19-22-25-28-31-34-37-40-43-46-49-52-55-58-61-67(70)73-64-65(63-72-66(69)60-57-54-51-48-45-42-39-36-33-30-27-24-21-18-15-12-9-6-3)74-68(71)62-59-56-53-50-47-44-41-38-35-32-29-26-23-20-17-14-11-8-5-2/h16-17,19-20,25-26,28-29,34,37,43,46,65H,4-15,18,21-24,27,30-33,35-36,38-42,44-45,47-64H2,1-3H3/b19-16+,20-17+,28-25+,29-26+,37-34+,46-43+/t65-/m1/s1. The number of rotatable bonds is 58. The van der Waals surface area contributed by atoms with E-state index in [1.165, 1.54) is 193 Å². The fraction of sp³-hybridized carbons (Fsp3) is 0.779. The molecule has 0 saturated heterocycles. The van der Waals surface area contributed by atoms with Gasteiger partial charge in [0.2, 0.25) is 0 Å². The first-order valence-electron chi connectivity index (χ1n) is 31.9. The van der Waals surface area contributed by atoms with Crippen molar-refractivity contribution >= 4 is 17.9 Å². The number of esters is 3. The van der Waals surface area contributed by atoms with Crippen molar-refractivity contribution in [1.82, 2.24) is 0 Å². The van der Waals surface area contributed by atoms with Gasteiger partial charge in [0, 0.05) is 19.3 Å². The smallest absolute Gasteiger partial charge is 0.306 e. The van der Waals surface area contributed by atoms with Crippen molar-refractivity contribution in [1.29, 1.82) is 0 Å². The van der Waals surface area contributed by atoms with Crippen molar-refractivity contribution in [3.05, 3.63) is 72.9 Å². The zero-order valence-corrected chi connectivity index (χ0v) is 49.1. The SMILES string of the molecule is CCCCC/C=C/C/C=C/C/C=C/C/C=C/CCCCCC(=O)OC[C@@H](COC(=O)CCCCCCCCCCCCCCCCCCCC)OC(=O)CCCCCCCCCCC/C=C/C/C=C/CCCCC. The number of ether oxygens (including phenoxy) is 3. The Labute approximate surface area is 459 Å². The predicted octanol–water partition coefficient (Wildman–Crippen LogP) is 21.7. The zero-order chi connectivity index (χ0) is 53.6. The lowest BCUT2D eigenvalue weighted by molar-refractivity contribution is -0.167. The third-order valence-corrected chi connectivity index (χ3v) is 13.9. The summed E-state index contributed by atoms with van der Waals surface area (Å²) in [7, 11) is 0. The molecule has 74 heavy (non-hydrogen) atoms. The summed E-state index contributed by atoms with van der Waals surface area (Å²) in [5.74, 6) is -0.905. The van der Waals surface area contributed by atoms with Crippen LogP contribution >= 0.6 is 0 Å². The Balaban J connectivity index is 4.42. The van der Waals surface area contributed by atoms with Crippen LogP contribution in [0.3, 0.4) is 0 Å². The molecule has 0 aromatic rings. The van der Waals surface area contributed by atoms with Crippen LogP contribution in [0.5, 0.6) is 0 Å². The summed E-state index contributed by atoms with van der Waals surface area (Å²) in [5.41, 5.74) is 0. The van der Waals surface area contributed by atoms with Crippen LogP contribution in [0.4, 0.5) is 0 Å². The van der Waals surface area contributed by atoms with Crippen molar-refractivity contribution < 1.29 is 28.6 Å². The number of hydrogen-bond acceptors (Lipinski definition) is 6. The van der Waals surface area contributed by atoms with Gasteiger partial charge < -0.3 is 14.2 Å². The van der Waals surface area contributed by atoms with Crippen LogP contribution in [0, 0.1) is 0 Å². The van der Waals surface area contributed by atoms with Crippen LogP contribution in [-0.2, 0) is 28.6 Å². The Kier molecular flexibility index (Phi) is 59.7. The van der Waals surface area contributed by atoms with Gasteiger partial charge in [-0.05, 0) is 96.3 Å². The minimum Gasteiger partial charge on any atom is -0.462 e. The largest absolute Gasteiger partial charge is 0.462 e. The van der Waals surface area contributed by atoms with E-state index >= 15 is 0 Å². The highest BCUT2D eigenvalue weighted by Crippen LogP contribution is 2.17. The quantitative estimate of drug-likeness (QED) is 0.0261. The van der Waals surface area contributed by atoms with E-state index in [0.29, 0.717) is 19.3 Å². The van der Waals surface area contributed by atoms with Crippen LogP contribution in [0.25, 0.3) is 0 Å². The molecule has 0 heterocycles. The molecule has 6 nitrogen and oxygen atoms in total. The number of hydrogen-bond donors (Lipinski definition) is 0. The molecule has 0 aromatic heterocycles. The second-order valence-corrected chi connectivity index (χ2v) is 21.3. The Morgan fingerprint density at radius 2 is 0.486 bits per heavy atom. The highest BCUT2D eigenvalue weighted by Gasteiger charge is 2.19. The Morgan fingerprint density at radius 1 is 0.270 bits per heavy atom. The lowest BCUT2D eigenvalue weighted by atomic mass is 10.0. The summed E-state index contributed by atoms with van der Waals surface area (Å²) in [6, 6.07) is 0. The molecule has 0 saturated carbocycles. The lowest BCUT2D eigenvalue weighted by Gasteiger charge is -2.18. The molecule has 0 bridgehead atoms. The van der Waals surface area contributed by atoms with E-state index in [4.69, 9.17) is 14.2 Å². The first-order valence-corrected chi connectivity index (χ1v) is 31.9. The minimum absolute atomic E-state index is 0.0845. The average Bonchev–Trinajstić information content (AvgIpc) is 3.40.